The van der Waals surface area contributed by atoms with Gasteiger partial charge >= 0.3 is 0 Å². The molecule has 306 valence electrons. The molecule has 0 aliphatic carbocycles. The third-order valence-electron chi connectivity index (χ3n) is 14.0. The molecule has 4 aromatic heterocycles. The van der Waals surface area contributed by atoms with Gasteiger partial charge in [-0.3, -0.25) is 0 Å². The Balaban J connectivity index is 1.03. The van der Waals surface area contributed by atoms with Gasteiger partial charge < -0.3 is 18.6 Å². The third-order valence-corrected chi connectivity index (χ3v) is 14.0. The van der Waals surface area contributed by atoms with E-state index in [4.69, 9.17) is 13.7 Å². The van der Waals surface area contributed by atoms with Crippen LogP contribution in [0.4, 0.5) is 34.1 Å². The van der Waals surface area contributed by atoms with Gasteiger partial charge in [0.15, 0.2) is 0 Å². The van der Waals surface area contributed by atoms with Crippen LogP contribution < -0.4 is 9.80 Å². The molecule has 0 spiro atoms. The highest BCUT2D eigenvalue weighted by Crippen LogP contribution is 2.47. The van der Waals surface area contributed by atoms with Gasteiger partial charge in [-0.1, -0.05) is 72.7 Å². The standard InChI is InChI=1S/C60H46N4/c1-35-27-45(28-36(2)39(35)5)61(41-15-9-7-10-16-41)43-23-25-55-51(31-43)47-19-13-21-49-53-34-58-54(33-57(53)63(55)59(47)49)50-22-14-20-48-52-32-44(24-26-56(52)64(58)60(48)50)62(42-17-11-8-12-18-42)46-29-37(3)40(6)38(4)30-46/h7-34H,1-6H3/i7D,8D,9D,10D,11D,12D,15D,16D,17D,18D. The van der Waals surface area contributed by atoms with Crippen molar-refractivity contribution in [2.75, 3.05) is 9.80 Å². The number of hydrogen-bond donors (Lipinski definition) is 0. The first kappa shape index (κ1) is 28.0. The molecule has 4 nitrogen and oxygen atoms in total. The summed E-state index contributed by atoms with van der Waals surface area (Å²) >= 11 is 0. The summed E-state index contributed by atoms with van der Waals surface area (Å²) < 4.78 is 92.4. The lowest BCUT2D eigenvalue weighted by atomic mass is 10.0. The van der Waals surface area contributed by atoms with Crippen molar-refractivity contribution in [3.05, 3.63) is 203 Å². The quantitative estimate of drug-likeness (QED) is 0.166. The van der Waals surface area contributed by atoms with E-state index in [1.165, 1.54) is 0 Å². The van der Waals surface area contributed by atoms with Crippen molar-refractivity contribution in [1.82, 2.24) is 8.80 Å². The second-order valence-electron chi connectivity index (χ2n) is 17.4. The number of fused-ring (bicyclic) bond motifs is 12. The van der Waals surface area contributed by atoms with Gasteiger partial charge in [-0.05, 0) is 172 Å². The summed E-state index contributed by atoms with van der Waals surface area (Å²) in [5, 5.41) is 8.30. The molecule has 0 fully saturated rings. The first-order valence-corrected chi connectivity index (χ1v) is 21.6. The van der Waals surface area contributed by atoms with Crippen LogP contribution in [0.15, 0.2) is 170 Å². The predicted molar refractivity (Wildman–Crippen MR) is 274 cm³/mol. The highest BCUT2D eigenvalue weighted by molar-refractivity contribution is 6.29. The van der Waals surface area contributed by atoms with Crippen LogP contribution in [0.5, 0.6) is 0 Å². The molecular weight excluding hydrogens is 777 g/mol. The fraction of sp³-hybridized carbons (Fsp3) is 0.100. The van der Waals surface area contributed by atoms with Gasteiger partial charge in [-0.25, -0.2) is 0 Å². The van der Waals surface area contributed by atoms with E-state index in [1.54, 1.807) is 9.80 Å². The Kier molecular flexibility index (Phi) is 5.83. The number of benzene rings is 9. The molecule has 64 heavy (non-hydrogen) atoms. The molecule has 4 heterocycles. The number of para-hydroxylation sites is 4. The molecule has 0 aliphatic rings. The van der Waals surface area contributed by atoms with Crippen molar-refractivity contribution >= 4 is 110 Å². The summed E-state index contributed by atoms with van der Waals surface area (Å²) in [5.74, 6) is 0. The average Bonchev–Trinajstić information content (AvgIpc) is 4.12. The molecule has 0 N–H and O–H groups in total. The van der Waals surface area contributed by atoms with Crippen LogP contribution in [0.2, 0.25) is 0 Å². The molecule has 0 saturated heterocycles. The molecule has 9 aromatic carbocycles. The number of aryl methyl sites for hydroxylation is 4. The highest BCUT2D eigenvalue weighted by atomic mass is 15.1. The normalized spacial score (nSPS) is 14.4. The van der Waals surface area contributed by atoms with Gasteiger partial charge in [0.05, 0.1) is 46.8 Å². The summed E-state index contributed by atoms with van der Waals surface area (Å²) in [4.78, 5) is 3.61. The highest BCUT2D eigenvalue weighted by Gasteiger charge is 2.25. The van der Waals surface area contributed by atoms with E-state index in [2.05, 4.69) is 95.4 Å². The molecule has 13 rings (SSSR count). The molecule has 0 saturated carbocycles. The van der Waals surface area contributed by atoms with E-state index >= 15 is 0 Å². The molecule has 4 heteroatoms. The van der Waals surface area contributed by atoms with E-state index in [0.717, 1.165) is 110 Å². The lowest BCUT2D eigenvalue weighted by Gasteiger charge is -2.27. The van der Waals surface area contributed by atoms with Gasteiger partial charge in [0.25, 0.3) is 0 Å². The second kappa shape index (κ2) is 13.3. The summed E-state index contributed by atoms with van der Waals surface area (Å²) in [5.41, 5.74) is 15.4. The Hall–Kier alpha value is -7.82. The first-order chi connectivity index (χ1) is 35.4. The Bertz CT molecular complexity index is 4250. The Morgan fingerprint density at radius 1 is 0.328 bits per heavy atom. The minimum absolute atomic E-state index is 0.0834. The molecule has 0 amide bonds. The lowest BCUT2D eigenvalue weighted by molar-refractivity contribution is 1.22. The van der Waals surface area contributed by atoms with Crippen LogP contribution >= 0.6 is 0 Å². The topological polar surface area (TPSA) is 15.3 Å². The molecular formula is C60H46N4. The zero-order valence-electron chi connectivity index (χ0n) is 46.2. The van der Waals surface area contributed by atoms with Crippen molar-refractivity contribution in [2.24, 2.45) is 0 Å². The first-order valence-electron chi connectivity index (χ1n) is 26.6. The Labute approximate surface area is 386 Å². The summed E-state index contributed by atoms with van der Waals surface area (Å²) in [6, 6.07) is 34.1. The molecule has 0 aliphatic heterocycles. The summed E-state index contributed by atoms with van der Waals surface area (Å²) in [6.07, 6.45) is 0. The maximum atomic E-state index is 9.10. The van der Waals surface area contributed by atoms with E-state index in [1.807, 2.05) is 64.1 Å². The van der Waals surface area contributed by atoms with Gasteiger partial charge in [0.2, 0.25) is 0 Å². The summed E-state index contributed by atoms with van der Waals surface area (Å²) in [7, 11) is 0. The third kappa shape index (κ3) is 5.05. The van der Waals surface area contributed by atoms with Crippen molar-refractivity contribution in [3.63, 3.8) is 0 Å². The van der Waals surface area contributed by atoms with Crippen LogP contribution in [0.3, 0.4) is 0 Å². The van der Waals surface area contributed by atoms with E-state index in [0.29, 0.717) is 22.7 Å². The maximum Gasteiger partial charge on any atom is 0.0645 e. The number of hydrogen-bond acceptors (Lipinski definition) is 2. The van der Waals surface area contributed by atoms with Crippen molar-refractivity contribution in [2.45, 2.75) is 41.5 Å². The number of aromatic nitrogens is 2. The van der Waals surface area contributed by atoms with E-state index < -0.39 is 36.3 Å². The smallest absolute Gasteiger partial charge is 0.0645 e. The number of anilines is 6. The zero-order chi connectivity index (χ0) is 51.8. The van der Waals surface area contributed by atoms with Gasteiger partial charge in [0, 0.05) is 77.2 Å². The van der Waals surface area contributed by atoms with Crippen LogP contribution in [0, 0.1) is 41.5 Å². The van der Waals surface area contributed by atoms with Crippen LogP contribution in [0.25, 0.3) is 76.2 Å². The fourth-order valence-corrected chi connectivity index (χ4v) is 10.5. The maximum absolute atomic E-state index is 9.10. The predicted octanol–water partition coefficient (Wildman–Crippen LogP) is 16.8. The number of nitrogens with zero attached hydrogens (tertiary/aromatic N) is 4. The van der Waals surface area contributed by atoms with Crippen LogP contribution in [-0.4, -0.2) is 8.80 Å². The number of rotatable bonds is 6. The monoisotopic (exact) mass is 832 g/mol. The van der Waals surface area contributed by atoms with Gasteiger partial charge in [0.1, 0.15) is 0 Å². The minimum atomic E-state index is -0.439. The zero-order valence-corrected chi connectivity index (χ0v) is 36.2. The molecule has 0 radical (unpaired) electrons. The molecule has 0 atom stereocenters. The van der Waals surface area contributed by atoms with E-state index in [-0.39, 0.29) is 35.5 Å². The van der Waals surface area contributed by atoms with Crippen LogP contribution in [-0.2, 0) is 0 Å². The second-order valence-corrected chi connectivity index (χ2v) is 17.4. The molecule has 0 bridgehead atoms. The lowest BCUT2D eigenvalue weighted by Crippen LogP contribution is -2.10. The van der Waals surface area contributed by atoms with Crippen molar-refractivity contribution in [1.29, 1.82) is 0 Å². The van der Waals surface area contributed by atoms with Crippen molar-refractivity contribution in [3.8, 4) is 0 Å². The Morgan fingerprint density at radius 3 is 1.03 bits per heavy atom. The SMILES string of the molecule is [2H]c1c([2H])c([2H])c(N(c2cc(C)c(C)c(C)c2)c2ccc3c(c2)c2cccc4c5cc6c(cc5n3c24)c2cccc3c4cc(N(c5cc(C)c(C)c(C)c5)c5c([2H])c([2H])c([2H])c([2H])c5[2H])ccc4n6c32)c([2H])c1[2H]. The largest absolute Gasteiger partial charge is 0.310 e. The van der Waals surface area contributed by atoms with Crippen LogP contribution in [0.1, 0.15) is 47.1 Å². The molecule has 13 aromatic rings. The fourth-order valence-electron chi connectivity index (χ4n) is 10.5. The van der Waals surface area contributed by atoms with Gasteiger partial charge in [-0.2, -0.15) is 0 Å². The van der Waals surface area contributed by atoms with E-state index in [9.17, 15) is 0 Å². The summed E-state index contributed by atoms with van der Waals surface area (Å²) in [6.45, 7) is 12.2. The minimum Gasteiger partial charge on any atom is -0.310 e. The Morgan fingerprint density at radius 2 is 0.672 bits per heavy atom. The van der Waals surface area contributed by atoms with Crippen molar-refractivity contribution < 1.29 is 13.7 Å². The average molecular weight is 833 g/mol. The molecule has 0 unspecified atom stereocenters. The van der Waals surface area contributed by atoms with Gasteiger partial charge in [-0.15, -0.1) is 0 Å².